The van der Waals surface area contributed by atoms with Crippen LogP contribution >= 0.6 is 15.9 Å². The second-order valence-corrected chi connectivity index (χ2v) is 6.37. The number of carbonyl (C=O) groups is 1. The molecular weight excluding hydrogens is 343 g/mol. The van der Waals surface area contributed by atoms with E-state index in [0.29, 0.717) is 31.8 Å². The molecule has 1 N–H and O–H groups in total. The van der Waals surface area contributed by atoms with Crippen molar-refractivity contribution in [2.75, 3.05) is 13.2 Å². The molecule has 0 spiro atoms. The van der Waals surface area contributed by atoms with Crippen LogP contribution < -0.4 is 9.47 Å². The second kappa shape index (κ2) is 5.48. The summed E-state index contributed by atoms with van der Waals surface area (Å²) < 4.78 is 26.0. The number of ether oxygens (including phenoxy) is 2. The highest BCUT2D eigenvalue weighted by Gasteiger charge is 2.47. The van der Waals surface area contributed by atoms with Gasteiger partial charge >= 0.3 is 5.97 Å². The molecule has 6 heteroatoms. The number of aliphatic carboxylic acids is 1. The van der Waals surface area contributed by atoms with Crippen molar-refractivity contribution in [2.45, 2.75) is 37.5 Å². The van der Waals surface area contributed by atoms with Gasteiger partial charge in [-0.1, -0.05) is 19.3 Å². The summed E-state index contributed by atoms with van der Waals surface area (Å²) in [5.41, 5.74) is -1.09. The molecule has 0 radical (unpaired) electrons. The van der Waals surface area contributed by atoms with Crippen LogP contribution in [0, 0.1) is 5.82 Å². The first kappa shape index (κ1) is 14.6. The van der Waals surface area contributed by atoms with Gasteiger partial charge in [-0.25, -0.2) is 4.39 Å². The molecule has 1 heterocycles. The van der Waals surface area contributed by atoms with Gasteiger partial charge in [0.15, 0.2) is 11.5 Å². The highest BCUT2D eigenvalue weighted by molar-refractivity contribution is 9.10. The van der Waals surface area contributed by atoms with Crippen LogP contribution in [0.4, 0.5) is 4.39 Å². The third kappa shape index (κ3) is 2.29. The van der Waals surface area contributed by atoms with Crippen molar-refractivity contribution >= 4 is 21.9 Å². The Hall–Kier alpha value is -1.30. The monoisotopic (exact) mass is 358 g/mol. The number of hydrogen-bond donors (Lipinski definition) is 1. The number of benzene rings is 1. The van der Waals surface area contributed by atoms with E-state index in [1.165, 1.54) is 6.07 Å². The Labute approximate surface area is 130 Å². The van der Waals surface area contributed by atoms with Gasteiger partial charge in [0.1, 0.15) is 19.0 Å². The zero-order chi connectivity index (χ0) is 15.0. The van der Waals surface area contributed by atoms with E-state index in [0.717, 1.165) is 19.3 Å². The first-order valence-electron chi connectivity index (χ1n) is 7.08. The Kier molecular flexibility index (Phi) is 3.82. The molecule has 0 amide bonds. The quantitative estimate of drug-likeness (QED) is 0.876. The summed E-state index contributed by atoms with van der Waals surface area (Å²) in [6, 6.07) is 1.51. The van der Waals surface area contributed by atoms with E-state index in [9.17, 15) is 14.3 Å². The Bertz CT molecular complexity index is 582. The minimum absolute atomic E-state index is 0.138. The molecule has 1 saturated carbocycles. The van der Waals surface area contributed by atoms with Gasteiger partial charge in [0.25, 0.3) is 0 Å². The lowest BCUT2D eigenvalue weighted by atomic mass is 9.69. The van der Waals surface area contributed by atoms with Gasteiger partial charge in [-0.15, -0.1) is 0 Å². The van der Waals surface area contributed by atoms with Gasteiger partial charge in [-0.05, 0) is 28.8 Å². The molecule has 1 aliphatic carbocycles. The standard InChI is InChI=1S/C15H16BrFO4/c16-9-8-10-13(21-7-6-20-10)11(12(9)17)15(14(18)19)4-2-1-3-5-15/h8H,1-7H2,(H,18,19). The normalized spacial score (nSPS) is 20.1. The fraction of sp³-hybridized carbons (Fsp3) is 0.533. The Morgan fingerprint density at radius 2 is 1.90 bits per heavy atom. The molecule has 0 unspecified atom stereocenters. The molecule has 1 fully saturated rings. The van der Waals surface area contributed by atoms with Gasteiger partial charge in [0.05, 0.1) is 15.5 Å². The van der Waals surface area contributed by atoms with Crippen LogP contribution in [0.3, 0.4) is 0 Å². The third-order valence-electron chi connectivity index (χ3n) is 4.32. The Balaban J connectivity index is 2.24. The third-order valence-corrected chi connectivity index (χ3v) is 4.90. The molecule has 1 aliphatic heterocycles. The molecule has 0 aromatic heterocycles. The van der Waals surface area contributed by atoms with Crippen molar-refractivity contribution < 1.29 is 23.8 Å². The molecule has 4 nitrogen and oxygen atoms in total. The number of fused-ring (bicyclic) bond motifs is 1. The number of rotatable bonds is 2. The molecule has 1 aromatic carbocycles. The minimum atomic E-state index is -1.23. The summed E-state index contributed by atoms with van der Waals surface area (Å²) in [5, 5.41) is 9.78. The largest absolute Gasteiger partial charge is 0.486 e. The first-order chi connectivity index (χ1) is 10.1. The molecule has 2 aliphatic rings. The fourth-order valence-corrected chi connectivity index (χ4v) is 3.69. The van der Waals surface area contributed by atoms with Crippen molar-refractivity contribution in [3.8, 4) is 11.5 Å². The average molecular weight is 359 g/mol. The van der Waals surface area contributed by atoms with Crippen LogP contribution in [-0.4, -0.2) is 24.3 Å². The first-order valence-corrected chi connectivity index (χ1v) is 7.87. The van der Waals surface area contributed by atoms with E-state index in [2.05, 4.69) is 15.9 Å². The minimum Gasteiger partial charge on any atom is -0.486 e. The van der Waals surface area contributed by atoms with E-state index in [1.807, 2.05) is 0 Å². The van der Waals surface area contributed by atoms with Crippen LogP contribution in [0.25, 0.3) is 0 Å². The number of halogens is 2. The Morgan fingerprint density at radius 3 is 2.57 bits per heavy atom. The van der Waals surface area contributed by atoms with Crippen LogP contribution in [0.1, 0.15) is 37.7 Å². The highest BCUT2D eigenvalue weighted by atomic mass is 79.9. The number of carboxylic acid groups (broad SMARTS) is 1. The molecule has 1 aromatic rings. The van der Waals surface area contributed by atoms with Crippen molar-refractivity contribution in [2.24, 2.45) is 0 Å². The predicted molar refractivity (Wildman–Crippen MR) is 77.5 cm³/mol. The van der Waals surface area contributed by atoms with E-state index in [1.54, 1.807) is 0 Å². The van der Waals surface area contributed by atoms with Crippen molar-refractivity contribution in [3.63, 3.8) is 0 Å². The zero-order valence-corrected chi connectivity index (χ0v) is 13.0. The maximum Gasteiger partial charge on any atom is 0.314 e. The summed E-state index contributed by atoms with van der Waals surface area (Å²) in [6.07, 6.45) is 3.36. The smallest absolute Gasteiger partial charge is 0.314 e. The van der Waals surface area contributed by atoms with Crippen molar-refractivity contribution in [1.82, 2.24) is 0 Å². The van der Waals surface area contributed by atoms with Crippen LogP contribution in [0.2, 0.25) is 0 Å². The lowest BCUT2D eigenvalue weighted by Crippen LogP contribution is -2.39. The number of hydrogen-bond acceptors (Lipinski definition) is 3. The van der Waals surface area contributed by atoms with Crippen molar-refractivity contribution in [1.29, 1.82) is 0 Å². The molecular formula is C15H16BrFO4. The molecule has 21 heavy (non-hydrogen) atoms. The summed E-state index contributed by atoms with van der Waals surface area (Å²) in [6.45, 7) is 0.682. The van der Waals surface area contributed by atoms with Gasteiger partial charge in [-0.2, -0.15) is 0 Å². The average Bonchev–Trinajstić information content (AvgIpc) is 2.49. The van der Waals surface area contributed by atoms with Gasteiger partial charge in [-0.3, -0.25) is 4.79 Å². The zero-order valence-electron chi connectivity index (χ0n) is 11.5. The molecule has 0 bridgehead atoms. The molecule has 0 saturated heterocycles. The summed E-state index contributed by atoms with van der Waals surface area (Å²) in [7, 11) is 0. The second-order valence-electron chi connectivity index (χ2n) is 5.52. The van der Waals surface area contributed by atoms with Crippen LogP contribution in [0.15, 0.2) is 10.5 Å². The highest BCUT2D eigenvalue weighted by Crippen LogP contribution is 2.50. The summed E-state index contributed by atoms with van der Waals surface area (Å²) in [4.78, 5) is 11.9. The summed E-state index contributed by atoms with van der Waals surface area (Å²) in [5.74, 6) is -0.874. The predicted octanol–water partition coefficient (Wildman–Crippen LogP) is 3.65. The SMILES string of the molecule is O=C(O)C1(c2c(F)c(Br)cc3c2OCCO3)CCCCC1. The molecule has 3 rings (SSSR count). The number of carboxylic acids is 1. The maximum absolute atomic E-state index is 14.7. The molecule has 114 valence electrons. The topological polar surface area (TPSA) is 55.8 Å². The van der Waals surface area contributed by atoms with Crippen molar-refractivity contribution in [3.05, 3.63) is 21.9 Å². The van der Waals surface area contributed by atoms with Crippen LogP contribution in [-0.2, 0) is 10.2 Å². The lowest BCUT2D eigenvalue weighted by molar-refractivity contribution is -0.145. The van der Waals surface area contributed by atoms with E-state index >= 15 is 0 Å². The van der Waals surface area contributed by atoms with Gasteiger partial charge in [0, 0.05) is 6.07 Å². The van der Waals surface area contributed by atoms with E-state index in [4.69, 9.17) is 9.47 Å². The summed E-state index contributed by atoms with van der Waals surface area (Å²) >= 11 is 3.16. The van der Waals surface area contributed by atoms with E-state index in [-0.39, 0.29) is 15.8 Å². The Morgan fingerprint density at radius 1 is 1.24 bits per heavy atom. The lowest BCUT2D eigenvalue weighted by Gasteiger charge is -2.36. The maximum atomic E-state index is 14.7. The molecule has 0 atom stereocenters. The van der Waals surface area contributed by atoms with Crippen LogP contribution in [0.5, 0.6) is 11.5 Å². The van der Waals surface area contributed by atoms with Gasteiger partial charge < -0.3 is 14.6 Å². The fourth-order valence-electron chi connectivity index (χ4n) is 3.29. The van der Waals surface area contributed by atoms with E-state index < -0.39 is 17.2 Å². The van der Waals surface area contributed by atoms with Gasteiger partial charge in [0.2, 0.25) is 0 Å².